The summed E-state index contributed by atoms with van der Waals surface area (Å²) in [5.74, 6) is 0.533. The van der Waals surface area contributed by atoms with Crippen molar-refractivity contribution in [1.29, 1.82) is 0 Å². The molecule has 7 nitrogen and oxygen atoms in total. The monoisotopic (exact) mass is 292 g/mol. The molecule has 1 fully saturated rings. The summed E-state index contributed by atoms with van der Waals surface area (Å²) in [7, 11) is 0. The third kappa shape index (κ3) is 3.71. The molecule has 1 aliphatic heterocycles. The maximum absolute atomic E-state index is 11.7. The summed E-state index contributed by atoms with van der Waals surface area (Å²) in [5, 5.41) is 10.9. The Balaban J connectivity index is 1.99. The highest BCUT2D eigenvalue weighted by Gasteiger charge is 2.30. The lowest BCUT2D eigenvalue weighted by Crippen LogP contribution is -2.31. The van der Waals surface area contributed by atoms with E-state index in [1.807, 2.05) is 0 Å². The van der Waals surface area contributed by atoms with Gasteiger partial charge in [0, 0.05) is 19.0 Å². The highest BCUT2D eigenvalue weighted by molar-refractivity contribution is 5.69. The Morgan fingerprint density at radius 2 is 2.19 bits per heavy atom. The first-order valence-corrected chi connectivity index (χ1v) is 6.49. The number of allylic oxidation sites excluding steroid dienone is 1. The van der Waals surface area contributed by atoms with Gasteiger partial charge in [0.25, 0.3) is 0 Å². The Hall–Kier alpha value is -2.57. The lowest BCUT2D eigenvalue weighted by Gasteiger charge is -2.16. The van der Waals surface area contributed by atoms with Gasteiger partial charge in [-0.1, -0.05) is 18.7 Å². The van der Waals surface area contributed by atoms with Gasteiger partial charge in [0.2, 0.25) is 0 Å². The second-order valence-corrected chi connectivity index (χ2v) is 4.77. The maximum atomic E-state index is 11.7. The minimum absolute atomic E-state index is 0.0829. The fraction of sp³-hybridized carbons (Fsp3) is 0.357. The fourth-order valence-electron chi connectivity index (χ4n) is 2.09. The number of rotatable bonds is 4. The molecule has 0 aromatic heterocycles. The number of amides is 1. The molecule has 1 saturated heterocycles. The van der Waals surface area contributed by atoms with Crippen LogP contribution in [0.2, 0.25) is 0 Å². The summed E-state index contributed by atoms with van der Waals surface area (Å²) < 4.78 is 10.6. The second-order valence-electron chi connectivity index (χ2n) is 4.77. The van der Waals surface area contributed by atoms with E-state index in [-0.39, 0.29) is 17.5 Å². The first-order valence-electron chi connectivity index (χ1n) is 6.49. The molecule has 0 N–H and O–H groups in total. The van der Waals surface area contributed by atoms with Gasteiger partial charge in [0.15, 0.2) is 5.75 Å². The van der Waals surface area contributed by atoms with Crippen molar-refractivity contribution in [2.45, 2.75) is 19.4 Å². The molecule has 1 amide bonds. The zero-order chi connectivity index (χ0) is 15.4. The molecule has 0 saturated carbocycles. The van der Waals surface area contributed by atoms with E-state index >= 15 is 0 Å². The van der Waals surface area contributed by atoms with E-state index < -0.39 is 11.0 Å². The van der Waals surface area contributed by atoms with E-state index in [1.165, 1.54) is 11.0 Å². The summed E-state index contributed by atoms with van der Waals surface area (Å²) in [5.41, 5.74) is -0.0829. The third-order valence-corrected chi connectivity index (χ3v) is 3.02. The SMILES string of the molecule is C=C(C)OC(=O)N1CCC(Oc2ccccc2[N+](=O)[O-])C1. The highest BCUT2D eigenvalue weighted by atomic mass is 16.6. The molecule has 1 unspecified atom stereocenters. The zero-order valence-electron chi connectivity index (χ0n) is 11.7. The summed E-state index contributed by atoms with van der Waals surface area (Å²) in [6.07, 6.45) is -0.169. The van der Waals surface area contributed by atoms with Crippen molar-refractivity contribution < 1.29 is 19.2 Å². The van der Waals surface area contributed by atoms with E-state index in [2.05, 4.69) is 6.58 Å². The predicted molar refractivity (Wildman–Crippen MR) is 75.0 cm³/mol. The van der Waals surface area contributed by atoms with Crippen molar-refractivity contribution in [3.63, 3.8) is 0 Å². The van der Waals surface area contributed by atoms with Gasteiger partial charge >= 0.3 is 11.8 Å². The number of carbonyl (C=O) groups excluding carboxylic acids is 1. The number of hydrogen-bond donors (Lipinski definition) is 0. The molecular weight excluding hydrogens is 276 g/mol. The number of carbonyl (C=O) groups is 1. The minimum atomic E-state index is -0.489. The Bertz CT molecular complexity index is 572. The summed E-state index contributed by atoms with van der Waals surface area (Å²) in [6, 6.07) is 6.19. The normalized spacial score (nSPS) is 17.4. The first-order chi connectivity index (χ1) is 9.97. The number of nitrogens with zero attached hydrogens (tertiary/aromatic N) is 2. The van der Waals surface area contributed by atoms with Crippen LogP contribution < -0.4 is 4.74 Å². The Morgan fingerprint density at radius 1 is 1.48 bits per heavy atom. The summed E-state index contributed by atoms with van der Waals surface area (Å²) in [4.78, 5) is 23.6. The van der Waals surface area contributed by atoms with E-state index in [9.17, 15) is 14.9 Å². The molecule has 2 rings (SSSR count). The van der Waals surface area contributed by atoms with Crippen LogP contribution in [0, 0.1) is 10.1 Å². The van der Waals surface area contributed by atoms with Crippen molar-refractivity contribution in [2.75, 3.05) is 13.1 Å². The largest absolute Gasteiger partial charge is 0.482 e. The van der Waals surface area contributed by atoms with Crippen LogP contribution in [0.25, 0.3) is 0 Å². The Kier molecular flexibility index (Phi) is 4.42. The van der Waals surface area contributed by atoms with Gasteiger partial charge in [-0.15, -0.1) is 0 Å². The molecule has 1 aliphatic rings. The van der Waals surface area contributed by atoms with Gasteiger partial charge in [-0.25, -0.2) is 4.79 Å². The molecule has 1 atom stereocenters. The number of likely N-dealkylation sites (tertiary alicyclic amines) is 1. The quantitative estimate of drug-likeness (QED) is 0.484. The molecule has 21 heavy (non-hydrogen) atoms. The average Bonchev–Trinajstić information content (AvgIpc) is 2.87. The molecule has 0 bridgehead atoms. The zero-order valence-corrected chi connectivity index (χ0v) is 11.7. The van der Waals surface area contributed by atoms with Crippen molar-refractivity contribution in [2.24, 2.45) is 0 Å². The molecule has 0 radical (unpaired) electrons. The number of benzene rings is 1. The molecule has 1 aromatic carbocycles. The number of ether oxygens (including phenoxy) is 2. The highest BCUT2D eigenvalue weighted by Crippen LogP contribution is 2.28. The van der Waals surface area contributed by atoms with Crippen molar-refractivity contribution in [3.8, 4) is 5.75 Å². The summed E-state index contributed by atoms with van der Waals surface area (Å²) in [6.45, 7) is 5.92. The number of nitro benzene ring substituents is 1. The molecule has 1 heterocycles. The van der Waals surface area contributed by atoms with Crippen LogP contribution in [0.3, 0.4) is 0 Å². The predicted octanol–water partition coefficient (Wildman–Crippen LogP) is 2.72. The van der Waals surface area contributed by atoms with Crippen molar-refractivity contribution in [1.82, 2.24) is 4.90 Å². The van der Waals surface area contributed by atoms with Gasteiger partial charge in [-0.2, -0.15) is 0 Å². The van der Waals surface area contributed by atoms with E-state index in [0.29, 0.717) is 25.3 Å². The number of para-hydroxylation sites is 2. The van der Waals surface area contributed by atoms with Crippen LogP contribution in [0.1, 0.15) is 13.3 Å². The van der Waals surface area contributed by atoms with Crippen LogP contribution in [-0.2, 0) is 4.74 Å². The molecule has 112 valence electrons. The Morgan fingerprint density at radius 3 is 2.86 bits per heavy atom. The van der Waals surface area contributed by atoms with Crippen molar-refractivity contribution >= 4 is 11.8 Å². The van der Waals surface area contributed by atoms with Crippen LogP contribution in [-0.4, -0.2) is 35.1 Å². The molecular formula is C14H16N2O5. The van der Waals surface area contributed by atoms with E-state index in [4.69, 9.17) is 9.47 Å². The second kappa shape index (κ2) is 6.25. The minimum Gasteiger partial charge on any atom is -0.482 e. The van der Waals surface area contributed by atoms with Gasteiger partial charge in [0.05, 0.1) is 17.2 Å². The van der Waals surface area contributed by atoms with Crippen LogP contribution in [0.4, 0.5) is 10.5 Å². The van der Waals surface area contributed by atoms with E-state index in [1.54, 1.807) is 25.1 Å². The lowest BCUT2D eigenvalue weighted by atomic mass is 10.2. The van der Waals surface area contributed by atoms with Gasteiger partial charge in [-0.3, -0.25) is 10.1 Å². The van der Waals surface area contributed by atoms with Crippen LogP contribution in [0.5, 0.6) is 5.75 Å². The summed E-state index contributed by atoms with van der Waals surface area (Å²) >= 11 is 0. The van der Waals surface area contributed by atoms with E-state index in [0.717, 1.165) is 0 Å². The molecule has 0 aliphatic carbocycles. The van der Waals surface area contributed by atoms with Gasteiger partial charge < -0.3 is 14.4 Å². The maximum Gasteiger partial charge on any atom is 0.415 e. The fourth-order valence-corrected chi connectivity index (χ4v) is 2.09. The van der Waals surface area contributed by atoms with Crippen LogP contribution >= 0.6 is 0 Å². The molecule has 7 heteroatoms. The smallest absolute Gasteiger partial charge is 0.415 e. The Labute approximate surface area is 121 Å². The molecule has 0 spiro atoms. The first kappa shape index (κ1) is 14.8. The topological polar surface area (TPSA) is 81.9 Å². The third-order valence-electron chi connectivity index (χ3n) is 3.02. The van der Waals surface area contributed by atoms with Crippen LogP contribution in [0.15, 0.2) is 36.6 Å². The van der Waals surface area contributed by atoms with Gasteiger partial charge in [0.1, 0.15) is 6.10 Å². The standard InChI is InChI=1S/C14H16N2O5/c1-10(2)20-14(17)15-8-7-11(9-15)21-13-6-4-3-5-12(13)16(18)19/h3-6,11H,1,7-9H2,2H3. The van der Waals surface area contributed by atoms with Gasteiger partial charge in [-0.05, 0) is 13.0 Å². The lowest BCUT2D eigenvalue weighted by molar-refractivity contribution is -0.386. The average molecular weight is 292 g/mol. The van der Waals surface area contributed by atoms with Crippen molar-refractivity contribution in [3.05, 3.63) is 46.7 Å². The number of nitro groups is 1. The molecule has 1 aromatic rings. The number of hydrogen-bond acceptors (Lipinski definition) is 5.